The molecule has 0 radical (unpaired) electrons. The third-order valence-electron chi connectivity index (χ3n) is 3.14. The fourth-order valence-corrected chi connectivity index (χ4v) is 2.59. The van der Waals surface area contributed by atoms with Crippen LogP contribution in [0.4, 0.5) is 5.69 Å². The molecule has 1 fully saturated rings. The molecule has 1 saturated heterocycles. The molecule has 0 aromatic carbocycles. The second kappa shape index (κ2) is 3.39. The van der Waals surface area contributed by atoms with Crippen molar-refractivity contribution in [3.8, 4) is 0 Å². The summed E-state index contributed by atoms with van der Waals surface area (Å²) in [6.07, 6.45) is 5.90. The highest BCUT2D eigenvalue weighted by molar-refractivity contribution is 9.10. The molecular weight excluding hydrogens is 256 g/mol. The summed E-state index contributed by atoms with van der Waals surface area (Å²) in [5.74, 6) is 0. The van der Waals surface area contributed by atoms with Crippen molar-refractivity contribution in [2.75, 3.05) is 13.2 Å². The van der Waals surface area contributed by atoms with Gasteiger partial charge >= 0.3 is 0 Å². The van der Waals surface area contributed by atoms with Crippen molar-refractivity contribution in [3.63, 3.8) is 0 Å². The average molecular weight is 267 g/mol. The number of ether oxygens (including phenoxy) is 1. The lowest BCUT2D eigenvalue weighted by atomic mass is 9.79. The number of aliphatic imine (C=N–C) groups is 1. The van der Waals surface area contributed by atoms with E-state index in [2.05, 4.69) is 32.1 Å². The number of rotatable bonds is 0. The molecule has 0 atom stereocenters. The SMILES string of the molecule is Brc1cnc2c(c1)N=CC21CCOCC1. The average Bonchev–Trinajstić information content (AvgIpc) is 2.58. The molecule has 1 aromatic rings. The van der Waals surface area contributed by atoms with Crippen LogP contribution < -0.4 is 0 Å². The first-order valence-corrected chi connectivity index (χ1v) is 5.88. The van der Waals surface area contributed by atoms with Gasteiger partial charge in [0.25, 0.3) is 0 Å². The number of nitrogens with zero attached hydrogens (tertiary/aromatic N) is 2. The quantitative estimate of drug-likeness (QED) is 0.724. The van der Waals surface area contributed by atoms with Crippen LogP contribution >= 0.6 is 15.9 Å². The molecular formula is C11H11BrN2O. The fourth-order valence-electron chi connectivity index (χ4n) is 2.27. The van der Waals surface area contributed by atoms with Gasteiger partial charge in [-0.3, -0.25) is 9.98 Å². The zero-order valence-corrected chi connectivity index (χ0v) is 9.83. The summed E-state index contributed by atoms with van der Waals surface area (Å²) in [7, 11) is 0. The monoisotopic (exact) mass is 266 g/mol. The van der Waals surface area contributed by atoms with Crippen LogP contribution in [0.3, 0.4) is 0 Å². The van der Waals surface area contributed by atoms with Gasteiger partial charge in [0.05, 0.1) is 16.8 Å². The summed E-state index contributed by atoms with van der Waals surface area (Å²) in [6.45, 7) is 1.62. The lowest BCUT2D eigenvalue weighted by molar-refractivity contribution is 0.0720. The number of aromatic nitrogens is 1. The Balaban J connectivity index is 2.07. The van der Waals surface area contributed by atoms with E-state index in [0.29, 0.717) is 0 Å². The third kappa shape index (κ3) is 1.43. The molecule has 78 valence electrons. The largest absolute Gasteiger partial charge is 0.381 e. The molecule has 0 bridgehead atoms. The molecule has 0 unspecified atom stereocenters. The van der Waals surface area contributed by atoms with Crippen molar-refractivity contribution in [2.45, 2.75) is 18.3 Å². The maximum absolute atomic E-state index is 5.40. The van der Waals surface area contributed by atoms with Gasteiger partial charge in [0, 0.05) is 30.1 Å². The predicted octanol–water partition coefficient (Wildman–Crippen LogP) is 2.61. The first kappa shape index (κ1) is 9.48. The molecule has 4 heteroatoms. The maximum Gasteiger partial charge on any atom is 0.0862 e. The molecule has 2 aliphatic heterocycles. The minimum absolute atomic E-state index is 0.0499. The van der Waals surface area contributed by atoms with E-state index in [4.69, 9.17) is 4.74 Å². The summed E-state index contributed by atoms with van der Waals surface area (Å²) in [5, 5.41) is 0. The second-order valence-corrected chi connectivity index (χ2v) is 4.96. The van der Waals surface area contributed by atoms with Gasteiger partial charge in [0.2, 0.25) is 0 Å². The van der Waals surface area contributed by atoms with E-state index in [1.807, 2.05) is 12.3 Å². The zero-order valence-electron chi connectivity index (χ0n) is 8.24. The smallest absolute Gasteiger partial charge is 0.0862 e. The topological polar surface area (TPSA) is 34.5 Å². The van der Waals surface area contributed by atoms with Crippen molar-refractivity contribution in [2.24, 2.45) is 4.99 Å². The van der Waals surface area contributed by atoms with Crippen LogP contribution in [-0.2, 0) is 10.2 Å². The standard InChI is InChI=1S/C11H11BrN2O/c12-8-5-9-10(13-6-8)11(7-14-9)1-3-15-4-2-11/h5-7H,1-4H2. The van der Waals surface area contributed by atoms with Crippen molar-refractivity contribution in [1.82, 2.24) is 4.98 Å². The summed E-state index contributed by atoms with van der Waals surface area (Å²) in [4.78, 5) is 8.97. The first-order valence-electron chi connectivity index (χ1n) is 5.09. The minimum Gasteiger partial charge on any atom is -0.381 e. The van der Waals surface area contributed by atoms with Crippen LogP contribution in [0.25, 0.3) is 0 Å². The van der Waals surface area contributed by atoms with E-state index in [1.54, 1.807) is 0 Å². The Hall–Kier alpha value is -0.740. The van der Waals surface area contributed by atoms with Gasteiger partial charge in [-0.15, -0.1) is 0 Å². The number of fused-ring (bicyclic) bond motifs is 2. The van der Waals surface area contributed by atoms with Crippen LogP contribution in [0.15, 0.2) is 21.7 Å². The summed E-state index contributed by atoms with van der Waals surface area (Å²) in [5.41, 5.74) is 2.18. The van der Waals surface area contributed by atoms with E-state index in [-0.39, 0.29) is 5.41 Å². The van der Waals surface area contributed by atoms with Crippen molar-refractivity contribution in [1.29, 1.82) is 0 Å². The van der Waals surface area contributed by atoms with Gasteiger partial charge in [0.15, 0.2) is 0 Å². The highest BCUT2D eigenvalue weighted by Gasteiger charge is 2.39. The minimum atomic E-state index is 0.0499. The number of hydrogen-bond acceptors (Lipinski definition) is 3. The Kier molecular flexibility index (Phi) is 2.14. The van der Waals surface area contributed by atoms with Crippen LogP contribution in [0.5, 0.6) is 0 Å². The van der Waals surface area contributed by atoms with Crippen LogP contribution in [0, 0.1) is 0 Å². The molecule has 3 rings (SSSR count). The maximum atomic E-state index is 5.40. The molecule has 0 aliphatic carbocycles. The molecule has 2 aliphatic rings. The van der Waals surface area contributed by atoms with E-state index in [1.165, 1.54) is 0 Å². The highest BCUT2D eigenvalue weighted by Crippen LogP contribution is 2.42. The lowest BCUT2D eigenvalue weighted by Crippen LogP contribution is -2.34. The van der Waals surface area contributed by atoms with Gasteiger partial charge in [-0.1, -0.05) is 0 Å². The van der Waals surface area contributed by atoms with Gasteiger partial charge in [-0.25, -0.2) is 0 Å². The van der Waals surface area contributed by atoms with Gasteiger partial charge in [-0.05, 0) is 34.8 Å². The molecule has 1 spiro atoms. The molecule has 0 N–H and O–H groups in total. The predicted molar refractivity (Wildman–Crippen MR) is 61.8 cm³/mol. The van der Waals surface area contributed by atoms with E-state index < -0.39 is 0 Å². The van der Waals surface area contributed by atoms with E-state index in [0.717, 1.165) is 41.9 Å². The van der Waals surface area contributed by atoms with Crippen molar-refractivity contribution in [3.05, 3.63) is 22.4 Å². The van der Waals surface area contributed by atoms with Gasteiger partial charge in [0.1, 0.15) is 0 Å². The second-order valence-electron chi connectivity index (χ2n) is 4.05. The zero-order chi connectivity index (χ0) is 10.3. The number of pyridine rings is 1. The Bertz CT molecular complexity index is 425. The van der Waals surface area contributed by atoms with Crippen molar-refractivity contribution >= 4 is 27.8 Å². The molecule has 1 aromatic heterocycles. The van der Waals surface area contributed by atoms with E-state index in [9.17, 15) is 0 Å². The molecule has 0 saturated carbocycles. The number of halogens is 1. The summed E-state index contributed by atoms with van der Waals surface area (Å²) in [6, 6.07) is 2.03. The molecule has 3 heterocycles. The Morgan fingerprint density at radius 1 is 1.33 bits per heavy atom. The lowest BCUT2D eigenvalue weighted by Gasteiger charge is -2.30. The fraction of sp³-hybridized carbons (Fsp3) is 0.455. The Morgan fingerprint density at radius 3 is 2.93 bits per heavy atom. The van der Waals surface area contributed by atoms with Crippen molar-refractivity contribution < 1.29 is 4.74 Å². The normalized spacial score (nSPS) is 21.9. The number of hydrogen-bond donors (Lipinski definition) is 0. The highest BCUT2D eigenvalue weighted by atomic mass is 79.9. The summed E-state index contributed by atoms with van der Waals surface area (Å²) < 4.78 is 6.38. The van der Waals surface area contributed by atoms with Crippen LogP contribution in [-0.4, -0.2) is 24.4 Å². The third-order valence-corrected chi connectivity index (χ3v) is 3.58. The molecule has 3 nitrogen and oxygen atoms in total. The summed E-state index contributed by atoms with van der Waals surface area (Å²) >= 11 is 3.42. The van der Waals surface area contributed by atoms with E-state index >= 15 is 0 Å². The molecule has 0 amide bonds. The first-order chi connectivity index (χ1) is 7.30. The Morgan fingerprint density at radius 2 is 2.13 bits per heavy atom. The van der Waals surface area contributed by atoms with Gasteiger partial charge < -0.3 is 4.74 Å². The molecule has 15 heavy (non-hydrogen) atoms. The van der Waals surface area contributed by atoms with Crippen LogP contribution in [0.2, 0.25) is 0 Å². The van der Waals surface area contributed by atoms with Crippen LogP contribution in [0.1, 0.15) is 18.5 Å². The van der Waals surface area contributed by atoms with Gasteiger partial charge in [-0.2, -0.15) is 0 Å². The Labute approximate surface area is 96.7 Å².